The van der Waals surface area contributed by atoms with E-state index < -0.39 is 0 Å². The van der Waals surface area contributed by atoms with Gasteiger partial charge in [0.15, 0.2) is 11.5 Å². The summed E-state index contributed by atoms with van der Waals surface area (Å²) in [5.74, 6) is 0.418. The number of hydrogen-bond donors (Lipinski definition) is 0. The van der Waals surface area contributed by atoms with Gasteiger partial charge in [-0.25, -0.2) is 0 Å². The van der Waals surface area contributed by atoms with E-state index in [1.165, 1.54) is 0 Å². The molecule has 1 atom stereocenters. The van der Waals surface area contributed by atoms with Gasteiger partial charge in [0, 0.05) is 26.3 Å². The Morgan fingerprint density at radius 3 is 3.25 bits per heavy atom. The lowest BCUT2D eigenvalue weighted by Crippen LogP contribution is -2.29. The number of rotatable bonds is 3. The number of alkyl halides is 1. The standard InChI is InChI=1S/C10H13ClN2O3/c1-15-6-8-4-9(12-16-8)10(14)13-3-2-7(11)5-13/h4,7H,2-3,5-6H2,1H3. The molecule has 0 saturated carbocycles. The van der Waals surface area contributed by atoms with Crippen molar-refractivity contribution in [3.63, 3.8) is 0 Å². The van der Waals surface area contributed by atoms with Crippen molar-refractivity contribution in [2.45, 2.75) is 18.4 Å². The van der Waals surface area contributed by atoms with E-state index in [1.807, 2.05) is 0 Å². The van der Waals surface area contributed by atoms with Crippen molar-refractivity contribution in [1.82, 2.24) is 10.1 Å². The molecule has 0 radical (unpaired) electrons. The Labute approximate surface area is 98.3 Å². The van der Waals surface area contributed by atoms with E-state index >= 15 is 0 Å². The highest BCUT2D eigenvalue weighted by atomic mass is 35.5. The van der Waals surface area contributed by atoms with Gasteiger partial charge < -0.3 is 14.2 Å². The molecule has 1 unspecified atom stereocenters. The van der Waals surface area contributed by atoms with Gasteiger partial charge in [0.25, 0.3) is 5.91 Å². The molecule has 88 valence electrons. The van der Waals surface area contributed by atoms with E-state index in [1.54, 1.807) is 18.1 Å². The van der Waals surface area contributed by atoms with Crippen LogP contribution < -0.4 is 0 Å². The first-order valence-corrected chi connectivity index (χ1v) is 5.52. The van der Waals surface area contributed by atoms with Crippen LogP contribution in [0, 0.1) is 0 Å². The minimum Gasteiger partial charge on any atom is -0.377 e. The van der Waals surface area contributed by atoms with Gasteiger partial charge in [0.1, 0.15) is 6.61 Å². The van der Waals surface area contributed by atoms with Crippen molar-refractivity contribution >= 4 is 17.5 Å². The first kappa shape index (κ1) is 11.4. The van der Waals surface area contributed by atoms with E-state index in [0.29, 0.717) is 31.2 Å². The van der Waals surface area contributed by atoms with E-state index in [-0.39, 0.29) is 11.3 Å². The van der Waals surface area contributed by atoms with Crippen molar-refractivity contribution in [2.75, 3.05) is 20.2 Å². The van der Waals surface area contributed by atoms with E-state index in [4.69, 9.17) is 20.9 Å². The number of hydrogen-bond acceptors (Lipinski definition) is 4. The van der Waals surface area contributed by atoms with Crippen LogP contribution >= 0.6 is 11.6 Å². The van der Waals surface area contributed by atoms with Gasteiger partial charge in [-0.15, -0.1) is 11.6 Å². The zero-order valence-corrected chi connectivity index (χ0v) is 9.74. The van der Waals surface area contributed by atoms with Gasteiger partial charge in [0.2, 0.25) is 0 Å². The minimum atomic E-state index is -0.130. The molecule has 1 aliphatic heterocycles. The molecule has 6 heteroatoms. The normalized spacial score (nSPS) is 20.4. The van der Waals surface area contributed by atoms with Crippen LogP contribution in [0.1, 0.15) is 22.7 Å². The maximum atomic E-state index is 11.9. The number of halogens is 1. The van der Waals surface area contributed by atoms with Crippen molar-refractivity contribution in [1.29, 1.82) is 0 Å². The Morgan fingerprint density at radius 1 is 1.81 bits per heavy atom. The number of methoxy groups -OCH3 is 1. The van der Waals surface area contributed by atoms with Crippen molar-refractivity contribution in [3.8, 4) is 0 Å². The molecule has 1 amide bonds. The maximum Gasteiger partial charge on any atom is 0.276 e. The summed E-state index contributed by atoms with van der Waals surface area (Å²) in [6.07, 6.45) is 0.829. The predicted octanol–water partition coefficient (Wildman–Crippen LogP) is 1.27. The Morgan fingerprint density at radius 2 is 2.62 bits per heavy atom. The summed E-state index contributed by atoms with van der Waals surface area (Å²) in [4.78, 5) is 13.6. The molecular formula is C10H13ClN2O3. The van der Waals surface area contributed by atoms with Crippen LogP contribution in [-0.4, -0.2) is 41.5 Å². The fourth-order valence-corrected chi connectivity index (χ4v) is 1.95. The van der Waals surface area contributed by atoms with Crippen LogP contribution in [0.25, 0.3) is 0 Å². The lowest BCUT2D eigenvalue weighted by Gasteiger charge is -2.12. The Balaban J connectivity index is 2.03. The summed E-state index contributed by atoms with van der Waals surface area (Å²) in [6.45, 7) is 1.57. The van der Waals surface area contributed by atoms with Crippen LogP contribution in [0.3, 0.4) is 0 Å². The Kier molecular flexibility index (Phi) is 3.46. The first-order chi connectivity index (χ1) is 7.70. The molecule has 2 heterocycles. The van der Waals surface area contributed by atoms with Crippen molar-refractivity contribution in [2.24, 2.45) is 0 Å². The molecule has 1 aromatic rings. The number of ether oxygens (including phenoxy) is 1. The summed E-state index contributed by atoms with van der Waals surface area (Å²) in [5, 5.41) is 3.77. The average Bonchev–Trinajstić information content (AvgIpc) is 2.87. The van der Waals surface area contributed by atoms with Crippen molar-refractivity contribution in [3.05, 3.63) is 17.5 Å². The second-order valence-corrected chi connectivity index (χ2v) is 4.37. The summed E-state index contributed by atoms with van der Waals surface area (Å²) in [6, 6.07) is 1.60. The van der Waals surface area contributed by atoms with Gasteiger partial charge >= 0.3 is 0 Å². The third kappa shape index (κ3) is 2.36. The van der Waals surface area contributed by atoms with Gasteiger partial charge in [0.05, 0.1) is 5.38 Å². The monoisotopic (exact) mass is 244 g/mol. The Hall–Kier alpha value is -1.07. The number of nitrogens with zero attached hydrogens (tertiary/aromatic N) is 2. The molecule has 16 heavy (non-hydrogen) atoms. The van der Waals surface area contributed by atoms with Crippen LogP contribution in [0.15, 0.2) is 10.6 Å². The SMILES string of the molecule is COCc1cc(C(=O)N2CCC(Cl)C2)no1. The highest BCUT2D eigenvalue weighted by Crippen LogP contribution is 2.17. The summed E-state index contributed by atoms with van der Waals surface area (Å²) >= 11 is 5.94. The topological polar surface area (TPSA) is 55.6 Å². The van der Waals surface area contributed by atoms with E-state index in [2.05, 4.69) is 5.16 Å². The lowest BCUT2D eigenvalue weighted by atomic mass is 10.3. The van der Waals surface area contributed by atoms with Gasteiger partial charge in [-0.1, -0.05) is 5.16 Å². The summed E-state index contributed by atoms with van der Waals surface area (Å²) in [7, 11) is 1.56. The fourth-order valence-electron chi connectivity index (χ4n) is 1.69. The van der Waals surface area contributed by atoms with Crippen LogP contribution in [-0.2, 0) is 11.3 Å². The Bertz CT molecular complexity index is 380. The van der Waals surface area contributed by atoms with Crippen LogP contribution in [0.2, 0.25) is 0 Å². The lowest BCUT2D eigenvalue weighted by molar-refractivity contribution is 0.0782. The maximum absolute atomic E-state index is 11.9. The van der Waals surface area contributed by atoms with E-state index in [9.17, 15) is 4.79 Å². The number of likely N-dealkylation sites (tertiary alicyclic amines) is 1. The smallest absolute Gasteiger partial charge is 0.276 e. The molecule has 1 aliphatic rings. The molecule has 1 aromatic heterocycles. The molecule has 0 spiro atoms. The molecule has 2 rings (SSSR count). The first-order valence-electron chi connectivity index (χ1n) is 5.08. The van der Waals surface area contributed by atoms with E-state index in [0.717, 1.165) is 6.42 Å². The number of carbonyl (C=O) groups excluding carboxylic acids is 1. The highest BCUT2D eigenvalue weighted by molar-refractivity contribution is 6.21. The van der Waals surface area contributed by atoms with Crippen molar-refractivity contribution < 1.29 is 14.1 Å². The number of amides is 1. The van der Waals surface area contributed by atoms with Gasteiger partial charge in [-0.05, 0) is 6.42 Å². The zero-order valence-electron chi connectivity index (χ0n) is 8.98. The van der Waals surface area contributed by atoms with Crippen LogP contribution in [0.5, 0.6) is 0 Å². The molecular weight excluding hydrogens is 232 g/mol. The van der Waals surface area contributed by atoms with Crippen LogP contribution in [0.4, 0.5) is 0 Å². The molecule has 1 fully saturated rings. The second kappa shape index (κ2) is 4.84. The third-order valence-corrected chi connectivity index (χ3v) is 2.84. The van der Waals surface area contributed by atoms with Gasteiger partial charge in [-0.3, -0.25) is 4.79 Å². The largest absolute Gasteiger partial charge is 0.377 e. The molecule has 0 bridgehead atoms. The zero-order chi connectivity index (χ0) is 11.5. The average molecular weight is 245 g/mol. The second-order valence-electron chi connectivity index (χ2n) is 3.75. The minimum absolute atomic E-state index is 0.0503. The molecule has 5 nitrogen and oxygen atoms in total. The number of aromatic nitrogens is 1. The third-order valence-electron chi connectivity index (χ3n) is 2.48. The van der Waals surface area contributed by atoms with Gasteiger partial charge in [-0.2, -0.15) is 0 Å². The summed E-state index contributed by atoms with van der Waals surface area (Å²) in [5.41, 5.74) is 0.317. The fraction of sp³-hybridized carbons (Fsp3) is 0.600. The molecule has 1 saturated heterocycles. The molecule has 0 aromatic carbocycles. The summed E-state index contributed by atoms with van der Waals surface area (Å²) < 4.78 is 9.84. The number of carbonyl (C=O) groups is 1. The molecule has 0 aliphatic carbocycles. The molecule has 0 N–H and O–H groups in total. The quantitative estimate of drug-likeness (QED) is 0.752. The predicted molar refractivity (Wildman–Crippen MR) is 57.4 cm³/mol. The highest BCUT2D eigenvalue weighted by Gasteiger charge is 2.27.